The maximum atomic E-state index is 12.2. The van der Waals surface area contributed by atoms with Gasteiger partial charge in [0.25, 0.3) is 11.8 Å². The van der Waals surface area contributed by atoms with Gasteiger partial charge in [-0.3, -0.25) is 14.9 Å². The number of hydrogen-bond donors (Lipinski definition) is 3. The summed E-state index contributed by atoms with van der Waals surface area (Å²) in [6.07, 6.45) is 0. The summed E-state index contributed by atoms with van der Waals surface area (Å²) in [4.78, 5) is 48.8. The van der Waals surface area contributed by atoms with E-state index in [1.165, 1.54) is 23.5 Å². The minimum absolute atomic E-state index is 0.154. The van der Waals surface area contributed by atoms with Crippen molar-refractivity contribution in [2.24, 2.45) is 0 Å². The molecule has 0 aliphatic rings. The third-order valence-corrected chi connectivity index (χ3v) is 5.32. The number of thiophene rings is 1. The van der Waals surface area contributed by atoms with E-state index in [1.807, 2.05) is 19.9 Å². The smallest absolute Gasteiger partial charge is 0.338 e. The van der Waals surface area contributed by atoms with Crippen molar-refractivity contribution < 1.29 is 23.9 Å². The fourth-order valence-corrected chi connectivity index (χ4v) is 3.30. The molecule has 0 aliphatic heterocycles. The number of benzene rings is 2. The largest absolute Gasteiger partial charge is 0.452 e. The molecule has 1 heterocycles. The Bertz CT molecular complexity index is 1160. The van der Waals surface area contributed by atoms with Gasteiger partial charge in [-0.05, 0) is 66.8 Å². The molecule has 4 amide bonds. The van der Waals surface area contributed by atoms with Gasteiger partial charge in [0, 0.05) is 11.4 Å². The number of aryl methyl sites for hydroxylation is 2. The molecule has 0 spiro atoms. The molecule has 2 aromatic carbocycles. The van der Waals surface area contributed by atoms with Crippen LogP contribution in [-0.4, -0.2) is 30.4 Å². The molecule has 0 saturated heterocycles. The Labute approximate surface area is 188 Å². The second-order valence-corrected chi connectivity index (χ2v) is 7.84. The van der Waals surface area contributed by atoms with E-state index in [1.54, 1.807) is 41.8 Å². The molecule has 164 valence electrons. The fourth-order valence-electron chi connectivity index (χ4n) is 2.68. The molecular weight excluding hydrogens is 430 g/mol. The van der Waals surface area contributed by atoms with Crippen molar-refractivity contribution >= 4 is 46.5 Å². The molecule has 0 atom stereocenters. The minimum atomic E-state index is -0.776. The molecule has 0 bridgehead atoms. The first-order valence-electron chi connectivity index (χ1n) is 9.62. The zero-order valence-corrected chi connectivity index (χ0v) is 18.2. The van der Waals surface area contributed by atoms with Gasteiger partial charge in [0.15, 0.2) is 6.61 Å². The highest BCUT2D eigenvalue weighted by Gasteiger charge is 2.14. The first kappa shape index (κ1) is 22.7. The number of anilines is 2. The van der Waals surface area contributed by atoms with Crippen molar-refractivity contribution in [3.05, 3.63) is 81.5 Å². The Morgan fingerprint density at radius 2 is 1.66 bits per heavy atom. The highest BCUT2D eigenvalue weighted by molar-refractivity contribution is 7.12. The molecule has 0 unspecified atom stereocenters. The van der Waals surface area contributed by atoms with Crippen molar-refractivity contribution in [1.82, 2.24) is 5.32 Å². The molecule has 3 rings (SSSR count). The fraction of sp³-hybridized carbons (Fsp3) is 0.130. The lowest BCUT2D eigenvalue weighted by Crippen LogP contribution is -2.37. The van der Waals surface area contributed by atoms with Crippen molar-refractivity contribution in [2.75, 3.05) is 17.2 Å². The summed E-state index contributed by atoms with van der Waals surface area (Å²) in [5.41, 5.74) is 3.18. The van der Waals surface area contributed by atoms with Crippen LogP contribution in [0.1, 0.15) is 31.2 Å². The van der Waals surface area contributed by atoms with Gasteiger partial charge in [0.2, 0.25) is 0 Å². The first-order chi connectivity index (χ1) is 15.3. The Balaban J connectivity index is 1.49. The van der Waals surface area contributed by atoms with E-state index in [9.17, 15) is 19.2 Å². The zero-order chi connectivity index (χ0) is 23.1. The van der Waals surface area contributed by atoms with Crippen molar-refractivity contribution in [2.45, 2.75) is 13.8 Å². The number of hydrogen-bond acceptors (Lipinski definition) is 6. The summed E-state index contributed by atoms with van der Waals surface area (Å²) in [5, 5.41) is 9.13. The van der Waals surface area contributed by atoms with Gasteiger partial charge in [-0.25, -0.2) is 9.59 Å². The molecule has 1 aromatic heterocycles. The zero-order valence-electron chi connectivity index (χ0n) is 17.4. The van der Waals surface area contributed by atoms with Crippen LogP contribution in [0.4, 0.5) is 16.2 Å². The molecule has 0 saturated carbocycles. The number of nitrogens with one attached hydrogen (secondary N) is 3. The van der Waals surface area contributed by atoms with Gasteiger partial charge in [-0.1, -0.05) is 18.2 Å². The normalized spacial score (nSPS) is 10.2. The van der Waals surface area contributed by atoms with Crippen LogP contribution in [-0.2, 0) is 9.53 Å². The van der Waals surface area contributed by atoms with Crippen molar-refractivity contribution in [3.63, 3.8) is 0 Å². The molecule has 3 N–H and O–H groups in total. The predicted molar refractivity (Wildman–Crippen MR) is 122 cm³/mol. The summed E-state index contributed by atoms with van der Waals surface area (Å²) >= 11 is 1.30. The average molecular weight is 452 g/mol. The van der Waals surface area contributed by atoms with E-state index in [2.05, 4.69) is 16.0 Å². The highest BCUT2D eigenvalue weighted by atomic mass is 32.1. The number of esters is 1. The summed E-state index contributed by atoms with van der Waals surface area (Å²) in [6, 6.07) is 14.2. The number of amides is 4. The minimum Gasteiger partial charge on any atom is -0.452 e. The summed E-state index contributed by atoms with van der Waals surface area (Å²) in [7, 11) is 0. The highest BCUT2D eigenvalue weighted by Crippen LogP contribution is 2.16. The molecule has 0 aliphatic carbocycles. The van der Waals surface area contributed by atoms with Crippen LogP contribution in [0, 0.1) is 13.8 Å². The lowest BCUT2D eigenvalue weighted by Gasteiger charge is -2.09. The van der Waals surface area contributed by atoms with Crippen LogP contribution >= 0.6 is 11.3 Å². The van der Waals surface area contributed by atoms with E-state index in [0.29, 0.717) is 16.3 Å². The first-order valence-corrected chi connectivity index (χ1v) is 10.5. The van der Waals surface area contributed by atoms with Crippen molar-refractivity contribution in [3.8, 4) is 0 Å². The molecule has 9 heteroatoms. The molecule has 0 radical (unpaired) electrons. The van der Waals surface area contributed by atoms with Gasteiger partial charge in [-0.15, -0.1) is 11.3 Å². The van der Waals surface area contributed by atoms with Gasteiger partial charge in [-0.2, -0.15) is 0 Å². The molecular formula is C23H21N3O5S. The lowest BCUT2D eigenvalue weighted by molar-refractivity contribution is -0.123. The van der Waals surface area contributed by atoms with Crippen LogP contribution in [0.25, 0.3) is 0 Å². The number of ether oxygens (including phenoxy) is 1. The number of carbonyl (C=O) groups is 4. The van der Waals surface area contributed by atoms with Gasteiger partial charge in [0.05, 0.1) is 10.4 Å². The van der Waals surface area contributed by atoms with Gasteiger partial charge in [0.1, 0.15) is 0 Å². The van der Waals surface area contributed by atoms with Crippen LogP contribution in [0.3, 0.4) is 0 Å². The SMILES string of the molecule is Cc1ccc(NC(=O)NC(=O)COC(=O)c2cccc(NC(=O)c3cccs3)c2)cc1C. The van der Waals surface area contributed by atoms with Crippen molar-refractivity contribution in [1.29, 1.82) is 0 Å². The third-order valence-electron chi connectivity index (χ3n) is 4.45. The number of imide groups is 1. The molecule has 0 fully saturated rings. The predicted octanol–water partition coefficient (Wildman–Crippen LogP) is 4.12. The number of urea groups is 1. The summed E-state index contributed by atoms with van der Waals surface area (Å²) < 4.78 is 4.97. The lowest BCUT2D eigenvalue weighted by atomic mass is 10.1. The monoisotopic (exact) mass is 451 g/mol. The van der Waals surface area contributed by atoms with Crippen LogP contribution in [0.15, 0.2) is 60.0 Å². The second-order valence-electron chi connectivity index (χ2n) is 6.89. The standard InChI is InChI=1S/C23H21N3O5S/c1-14-8-9-18(11-15(14)2)25-23(30)26-20(27)13-31-22(29)16-5-3-6-17(12-16)24-21(28)19-7-4-10-32-19/h3-12H,13H2,1-2H3,(H,24,28)(H2,25,26,27,30). The Hall–Kier alpha value is -3.98. The summed E-state index contributed by atoms with van der Waals surface area (Å²) in [5.74, 6) is -1.83. The Morgan fingerprint density at radius 1 is 0.875 bits per heavy atom. The van der Waals surface area contributed by atoms with E-state index >= 15 is 0 Å². The maximum Gasteiger partial charge on any atom is 0.338 e. The Morgan fingerprint density at radius 3 is 2.38 bits per heavy atom. The van der Waals surface area contributed by atoms with E-state index in [0.717, 1.165) is 11.1 Å². The third kappa shape index (κ3) is 6.26. The van der Waals surface area contributed by atoms with Crippen LogP contribution in [0.5, 0.6) is 0 Å². The topological polar surface area (TPSA) is 114 Å². The van der Waals surface area contributed by atoms with E-state index < -0.39 is 24.5 Å². The maximum absolute atomic E-state index is 12.2. The summed E-state index contributed by atoms with van der Waals surface area (Å²) in [6.45, 7) is 3.22. The quantitative estimate of drug-likeness (QED) is 0.488. The van der Waals surface area contributed by atoms with E-state index in [4.69, 9.17) is 4.74 Å². The van der Waals surface area contributed by atoms with Crippen LogP contribution < -0.4 is 16.0 Å². The molecule has 8 nitrogen and oxygen atoms in total. The molecule has 32 heavy (non-hydrogen) atoms. The number of rotatable bonds is 6. The molecule has 3 aromatic rings. The van der Waals surface area contributed by atoms with Gasteiger partial charge < -0.3 is 15.4 Å². The average Bonchev–Trinajstić information content (AvgIpc) is 3.30. The Kier molecular flexibility index (Phi) is 7.35. The van der Waals surface area contributed by atoms with Gasteiger partial charge >= 0.3 is 12.0 Å². The van der Waals surface area contributed by atoms with E-state index in [-0.39, 0.29) is 11.5 Å². The van der Waals surface area contributed by atoms with Crippen LogP contribution in [0.2, 0.25) is 0 Å². The number of carbonyl (C=O) groups excluding carboxylic acids is 4. The second kappa shape index (κ2) is 10.4.